The van der Waals surface area contributed by atoms with Crippen LogP contribution in [0.4, 0.5) is 5.82 Å². The molecule has 1 N–H and O–H groups in total. The van der Waals surface area contributed by atoms with Crippen molar-refractivity contribution in [2.75, 3.05) is 37.8 Å². The van der Waals surface area contributed by atoms with Gasteiger partial charge in [-0.1, -0.05) is 6.92 Å². The van der Waals surface area contributed by atoms with Crippen LogP contribution >= 0.6 is 0 Å². The Bertz CT molecular complexity index is 822. The monoisotopic (exact) mass is 348 g/mol. The molecule has 0 bridgehead atoms. The van der Waals surface area contributed by atoms with Crippen LogP contribution in [0.25, 0.3) is 10.9 Å². The highest BCUT2D eigenvalue weighted by Gasteiger charge is 2.21. The van der Waals surface area contributed by atoms with Gasteiger partial charge in [-0.25, -0.2) is 18.4 Å². The van der Waals surface area contributed by atoms with E-state index in [1.54, 1.807) is 18.2 Å². The Labute approximate surface area is 143 Å². The number of hydrogen-bond acceptors (Lipinski definition) is 6. The SMILES string of the molecule is CCCN1CC[C@H](CNc2ncnc3ccc(S(C)(=O)=O)cc23)C1. The van der Waals surface area contributed by atoms with Crippen molar-refractivity contribution < 1.29 is 8.42 Å². The van der Waals surface area contributed by atoms with E-state index in [1.165, 1.54) is 25.4 Å². The van der Waals surface area contributed by atoms with Crippen LogP contribution in [-0.2, 0) is 9.84 Å². The van der Waals surface area contributed by atoms with E-state index in [0.29, 0.717) is 16.6 Å². The predicted molar refractivity (Wildman–Crippen MR) is 96.0 cm³/mol. The number of benzene rings is 1. The van der Waals surface area contributed by atoms with E-state index < -0.39 is 9.84 Å². The lowest BCUT2D eigenvalue weighted by Gasteiger charge is -2.16. The molecule has 1 atom stereocenters. The zero-order chi connectivity index (χ0) is 17.2. The van der Waals surface area contributed by atoms with Gasteiger partial charge >= 0.3 is 0 Å². The van der Waals surface area contributed by atoms with E-state index in [9.17, 15) is 8.42 Å². The van der Waals surface area contributed by atoms with Gasteiger partial charge in [-0.15, -0.1) is 0 Å². The molecular weight excluding hydrogens is 324 g/mol. The third kappa shape index (κ3) is 3.84. The fourth-order valence-electron chi connectivity index (χ4n) is 3.25. The number of likely N-dealkylation sites (tertiary alicyclic amines) is 1. The molecule has 2 heterocycles. The number of aromatic nitrogens is 2. The first kappa shape index (κ1) is 17.1. The van der Waals surface area contributed by atoms with Crippen molar-refractivity contribution in [2.45, 2.75) is 24.7 Å². The molecule has 24 heavy (non-hydrogen) atoms. The number of fused-ring (bicyclic) bond motifs is 1. The number of rotatable bonds is 6. The van der Waals surface area contributed by atoms with Gasteiger partial charge in [0.15, 0.2) is 9.84 Å². The summed E-state index contributed by atoms with van der Waals surface area (Å²) in [5.74, 6) is 1.30. The van der Waals surface area contributed by atoms with Gasteiger partial charge in [0.25, 0.3) is 0 Å². The second-order valence-electron chi connectivity index (χ2n) is 6.51. The summed E-state index contributed by atoms with van der Waals surface area (Å²) >= 11 is 0. The lowest BCUT2D eigenvalue weighted by atomic mass is 10.1. The molecule has 0 aliphatic carbocycles. The third-order valence-corrected chi connectivity index (χ3v) is 5.61. The predicted octanol–water partition coefficient (Wildman–Crippen LogP) is 2.18. The van der Waals surface area contributed by atoms with Crippen LogP contribution in [-0.4, -0.2) is 55.7 Å². The third-order valence-electron chi connectivity index (χ3n) is 4.50. The Kier molecular flexibility index (Phi) is 5.01. The van der Waals surface area contributed by atoms with Gasteiger partial charge in [0.1, 0.15) is 12.1 Å². The van der Waals surface area contributed by atoms with Crippen LogP contribution in [0.5, 0.6) is 0 Å². The highest BCUT2D eigenvalue weighted by atomic mass is 32.2. The van der Waals surface area contributed by atoms with Crippen molar-refractivity contribution >= 4 is 26.6 Å². The van der Waals surface area contributed by atoms with Crippen LogP contribution in [0.2, 0.25) is 0 Å². The van der Waals surface area contributed by atoms with Crippen LogP contribution in [0.3, 0.4) is 0 Å². The molecule has 1 aromatic heterocycles. The van der Waals surface area contributed by atoms with E-state index in [4.69, 9.17) is 0 Å². The van der Waals surface area contributed by atoms with E-state index in [1.807, 2.05) is 0 Å². The average Bonchev–Trinajstić information content (AvgIpc) is 2.99. The summed E-state index contributed by atoms with van der Waals surface area (Å²) in [5.41, 5.74) is 0.749. The smallest absolute Gasteiger partial charge is 0.175 e. The first-order chi connectivity index (χ1) is 11.5. The Morgan fingerprint density at radius 1 is 1.33 bits per heavy atom. The van der Waals surface area contributed by atoms with Crippen molar-refractivity contribution in [1.82, 2.24) is 14.9 Å². The van der Waals surface area contributed by atoms with Gasteiger partial charge in [-0.3, -0.25) is 0 Å². The maximum Gasteiger partial charge on any atom is 0.175 e. The Hall–Kier alpha value is -1.73. The molecule has 7 heteroatoms. The van der Waals surface area contributed by atoms with Crippen LogP contribution < -0.4 is 5.32 Å². The first-order valence-corrected chi connectivity index (χ1v) is 10.3. The molecule has 1 aliphatic heterocycles. The highest BCUT2D eigenvalue weighted by molar-refractivity contribution is 7.90. The summed E-state index contributed by atoms with van der Waals surface area (Å²) in [7, 11) is -3.25. The van der Waals surface area contributed by atoms with Gasteiger partial charge in [0.05, 0.1) is 10.4 Å². The van der Waals surface area contributed by atoms with Gasteiger partial charge in [-0.2, -0.15) is 0 Å². The molecule has 0 radical (unpaired) electrons. The lowest BCUT2D eigenvalue weighted by Crippen LogP contribution is -2.23. The van der Waals surface area contributed by atoms with Gasteiger partial charge < -0.3 is 10.2 Å². The van der Waals surface area contributed by atoms with Gasteiger partial charge in [-0.05, 0) is 50.0 Å². The fraction of sp³-hybridized carbons (Fsp3) is 0.529. The van der Waals surface area contributed by atoms with Crippen molar-refractivity contribution in [3.05, 3.63) is 24.5 Å². The Morgan fingerprint density at radius 2 is 2.17 bits per heavy atom. The molecule has 0 saturated carbocycles. The van der Waals surface area contributed by atoms with Crippen molar-refractivity contribution in [2.24, 2.45) is 5.92 Å². The van der Waals surface area contributed by atoms with E-state index >= 15 is 0 Å². The minimum absolute atomic E-state index is 0.294. The zero-order valence-electron chi connectivity index (χ0n) is 14.2. The minimum atomic E-state index is -3.25. The zero-order valence-corrected chi connectivity index (χ0v) is 15.0. The van der Waals surface area contributed by atoms with Crippen LogP contribution in [0, 0.1) is 5.92 Å². The first-order valence-electron chi connectivity index (χ1n) is 8.38. The molecule has 0 spiro atoms. The van der Waals surface area contributed by atoms with E-state index in [-0.39, 0.29) is 0 Å². The van der Waals surface area contributed by atoms with E-state index in [0.717, 1.165) is 37.1 Å². The second-order valence-corrected chi connectivity index (χ2v) is 8.53. The quantitative estimate of drug-likeness (QED) is 0.862. The molecule has 130 valence electrons. The Morgan fingerprint density at radius 3 is 2.92 bits per heavy atom. The molecule has 6 nitrogen and oxygen atoms in total. The lowest BCUT2D eigenvalue weighted by molar-refractivity contribution is 0.327. The van der Waals surface area contributed by atoms with Crippen molar-refractivity contribution in [1.29, 1.82) is 0 Å². The number of sulfone groups is 1. The normalized spacial score (nSPS) is 19.0. The second kappa shape index (κ2) is 7.03. The fourth-order valence-corrected chi connectivity index (χ4v) is 3.89. The molecule has 2 aromatic rings. The van der Waals surface area contributed by atoms with Crippen LogP contribution in [0.1, 0.15) is 19.8 Å². The standard InChI is InChI=1S/C17H24N4O2S/c1-3-7-21-8-6-13(11-21)10-18-17-15-9-14(24(2,22)23)4-5-16(15)19-12-20-17/h4-5,9,12-13H,3,6-8,10-11H2,1-2H3,(H,18,19,20)/t13-/m1/s1. The maximum absolute atomic E-state index is 11.8. The number of nitrogens with one attached hydrogen (secondary N) is 1. The van der Waals surface area contributed by atoms with Gasteiger partial charge in [0.2, 0.25) is 0 Å². The summed E-state index contributed by atoms with van der Waals surface area (Å²) in [6, 6.07) is 4.98. The molecule has 1 aromatic carbocycles. The Balaban J connectivity index is 1.77. The summed E-state index contributed by atoms with van der Waals surface area (Å²) in [4.78, 5) is 11.3. The summed E-state index contributed by atoms with van der Waals surface area (Å²) in [5, 5.41) is 4.15. The topological polar surface area (TPSA) is 75.2 Å². The number of nitrogens with zero attached hydrogens (tertiary/aromatic N) is 3. The number of anilines is 1. The van der Waals surface area contributed by atoms with Crippen LogP contribution in [0.15, 0.2) is 29.4 Å². The minimum Gasteiger partial charge on any atom is -0.369 e. The van der Waals surface area contributed by atoms with Crippen molar-refractivity contribution in [3.63, 3.8) is 0 Å². The summed E-state index contributed by atoms with van der Waals surface area (Å²) in [6.07, 6.45) is 5.10. The molecule has 3 rings (SSSR count). The molecule has 1 fully saturated rings. The summed E-state index contributed by atoms with van der Waals surface area (Å²) < 4.78 is 23.6. The molecule has 0 amide bonds. The maximum atomic E-state index is 11.8. The molecular formula is C17H24N4O2S. The summed E-state index contributed by atoms with van der Waals surface area (Å²) in [6.45, 7) is 6.47. The molecule has 0 unspecified atom stereocenters. The largest absolute Gasteiger partial charge is 0.369 e. The van der Waals surface area contributed by atoms with Gasteiger partial charge in [0, 0.05) is 24.7 Å². The van der Waals surface area contributed by atoms with E-state index in [2.05, 4.69) is 27.1 Å². The molecule has 1 saturated heterocycles. The number of hydrogen-bond donors (Lipinski definition) is 1. The molecule has 1 aliphatic rings. The highest BCUT2D eigenvalue weighted by Crippen LogP contribution is 2.24. The van der Waals surface area contributed by atoms with Crippen molar-refractivity contribution in [3.8, 4) is 0 Å². The average molecular weight is 348 g/mol.